The van der Waals surface area contributed by atoms with Gasteiger partial charge in [-0.25, -0.2) is 8.42 Å². The van der Waals surface area contributed by atoms with Gasteiger partial charge < -0.3 is 9.47 Å². The Morgan fingerprint density at radius 3 is 2.64 bits per heavy atom. The molecule has 3 rings (SSSR count). The van der Waals surface area contributed by atoms with E-state index in [2.05, 4.69) is 15.9 Å². The van der Waals surface area contributed by atoms with E-state index in [0.29, 0.717) is 22.2 Å². The largest absolute Gasteiger partial charge is 0.468 e. The fourth-order valence-corrected chi connectivity index (χ4v) is 5.32. The van der Waals surface area contributed by atoms with Crippen LogP contribution in [0.15, 0.2) is 51.8 Å². The molecular formula is C20H22BrNO5S. The second-order valence-corrected chi connectivity index (χ2v) is 9.48. The molecule has 0 aromatic heterocycles. The summed E-state index contributed by atoms with van der Waals surface area (Å²) < 4.78 is 40.0. The van der Waals surface area contributed by atoms with Gasteiger partial charge in [0.05, 0.1) is 7.11 Å². The lowest BCUT2D eigenvalue weighted by Gasteiger charge is -2.34. The molecule has 2 aromatic rings. The van der Waals surface area contributed by atoms with Crippen molar-refractivity contribution in [2.75, 3.05) is 7.11 Å². The summed E-state index contributed by atoms with van der Waals surface area (Å²) in [4.78, 5) is 12.6. The van der Waals surface area contributed by atoms with Crippen molar-refractivity contribution in [3.8, 4) is 11.5 Å². The van der Waals surface area contributed by atoms with E-state index < -0.39 is 22.0 Å². The first-order chi connectivity index (χ1) is 13.3. The number of nitrogens with zero attached hydrogens (tertiary/aromatic N) is 1. The molecule has 0 saturated carbocycles. The molecule has 0 spiro atoms. The summed E-state index contributed by atoms with van der Waals surface area (Å²) in [5, 5.41) is 0. The molecule has 28 heavy (non-hydrogen) atoms. The van der Waals surface area contributed by atoms with E-state index in [1.807, 2.05) is 26.0 Å². The lowest BCUT2D eigenvalue weighted by Crippen LogP contribution is -2.49. The Labute approximate surface area is 173 Å². The van der Waals surface area contributed by atoms with Crippen LogP contribution in [-0.2, 0) is 26.1 Å². The minimum Gasteiger partial charge on any atom is -0.468 e. The molecule has 1 heterocycles. The number of methoxy groups -OCH3 is 1. The van der Waals surface area contributed by atoms with E-state index in [4.69, 9.17) is 9.47 Å². The number of ether oxygens (including phenoxy) is 2. The summed E-state index contributed by atoms with van der Waals surface area (Å²) in [5.74, 6) is -0.0435. The van der Waals surface area contributed by atoms with Gasteiger partial charge in [0, 0.05) is 16.6 Å². The summed E-state index contributed by atoms with van der Waals surface area (Å²) in [6.07, 6.45) is 0.622. The Bertz CT molecular complexity index is 992. The molecule has 2 atom stereocenters. The maximum absolute atomic E-state index is 13.6. The molecule has 2 aromatic carbocycles. The second-order valence-electron chi connectivity index (χ2n) is 6.70. The molecule has 8 heteroatoms. The van der Waals surface area contributed by atoms with Crippen LogP contribution in [0.4, 0.5) is 0 Å². The van der Waals surface area contributed by atoms with Gasteiger partial charge >= 0.3 is 5.97 Å². The Morgan fingerprint density at radius 1 is 1.25 bits per heavy atom. The third-order valence-electron chi connectivity index (χ3n) is 4.95. The van der Waals surface area contributed by atoms with Gasteiger partial charge in [-0.05, 0) is 30.2 Å². The number of halogens is 1. The van der Waals surface area contributed by atoms with Crippen LogP contribution in [0.2, 0.25) is 0 Å². The molecule has 0 N–H and O–H groups in total. The Hall–Kier alpha value is -1.90. The van der Waals surface area contributed by atoms with Crippen molar-refractivity contribution in [1.82, 2.24) is 4.31 Å². The number of sulfonamides is 1. The van der Waals surface area contributed by atoms with Crippen molar-refractivity contribution in [1.29, 1.82) is 0 Å². The van der Waals surface area contributed by atoms with Crippen LogP contribution in [-0.4, -0.2) is 31.8 Å². The number of hydrogen-bond acceptors (Lipinski definition) is 5. The molecule has 6 nitrogen and oxygen atoms in total. The van der Waals surface area contributed by atoms with Gasteiger partial charge in [0.15, 0.2) is 0 Å². The number of carbonyl (C=O) groups is 1. The molecular weight excluding hydrogens is 446 g/mol. The SMILES string of the molecule is CCC(C)C(C(=O)OC)N1Cc2ccccc2Oc2cc(Br)ccc2S1(=O)=O. The third-order valence-corrected chi connectivity index (χ3v) is 7.31. The number of fused-ring (bicyclic) bond motifs is 2. The van der Waals surface area contributed by atoms with Crippen LogP contribution in [0.1, 0.15) is 25.8 Å². The van der Waals surface area contributed by atoms with E-state index in [0.717, 1.165) is 0 Å². The van der Waals surface area contributed by atoms with Gasteiger partial charge in [-0.2, -0.15) is 4.31 Å². The normalized spacial score (nSPS) is 17.9. The van der Waals surface area contributed by atoms with Crippen LogP contribution < -0.4 is 4.74 Å². The molecule has 2 unspecified atom stereocenters. The van der Waals surface area contributed by atoms with Crippen molar-refractivity contribution < 1.29 is 22.7 Å². The van der Waals surface area contributed by atoms with Crippen molar-refractivity contribution in [3.63, 3.8) is 0 Å². The highest BCUT2D eigenvalue weighted by Crippen LogP contribution is 2.39. The van der Waals surface area contributed by atoms with E-state index in [9.17, 15) is 13.2 Å². The van der Waals surface area contributed by atoms with Gasteiger partial charge in [0.25, 0.3) is 0 Å². The first-order valence-corrected chi connectivity index (χ1v) is 11.2. The average molecular weight is 468 g/mol. The maximum Gasteiger partial charge on any atom is 0.324 e. The molecule has 0 radical (unpaired) electrons. The first kappa shape index (κ1) is 20.8. The van der Waals surface area contributed by atoms with Crippen LogP contribution in [0.25, 0.3) is 0 Å². The lowest BCUT2D eigenvalue weighted by molar-refractivity contribution is -0.147. The highest BCUT2D eigenvalue weighted by molar-refractivity contribution is 9.10. The fraction of sp³-hybridized carbons (Fsp3) is 0.350. The third kappa shape index (κ3) is 3.81. The quantitative estimate of drug-likeness (QED) is 0.625. The van der Waals surface area contributed by atoms with Gasteiger partial charge in [-0.1, -0.05) is 54.4 Å². The minimum atomic E-state index is -4.02. The summed E-state index contributed by atoms with van der Waals surface area (Å²) in [6, 6.07) is 11.0. The highest BCUT2D eigenvalue weighted by Gasteiger charge is 2.42. The standard InChI is InChI=1S/C20H22BrNO5S/c1-4-13(2)19(20(23)26-3)22-12-14-7-5-6-8-16(14)27-17-11-15(21)9-10-18(17)28(22,24)25/h5-11,13,19H,4,12H2,1-3H3. The Morgan fingerprint density at radius 2 is 1.96 bits per heavy atom. The molecule has 0 amide bonds. The minimum absolute atomic E-state index is 0.0120. The van der Waals surface area contributed by atoms with Gasteiger partial charge in [0.1, 0.15) is 22.4 Å². The Kier molecular flexibility index (Phi) is 6.12. The van der Waals surface area contributed by atoms with Crippen molar-refractivity contribution >= 4 is 31.9 Å². The predicted octanol–water partition coefficient (Wildman–Crippen LogP) is 4.33. The van der Waals surface area contributed by atoms with Crippen LogP contribution >= 0.6 is 15.9 Å². The van der Waals surface area contributed by atoms with Crippen molar-refractivity contribution in [2.24, 2.45) is 5.92 Å². The molecule has 0 saturated heterocycles. The molecule has 0 aliphatic carbocycles. The lowest BCUT2D eigenvalue weighted by atomic mass is 9.99. The summed E-state index contributed by atoms with van der Waals surface area (Å²) in [6.45, 7) is 3.78. The molecule has 1 aliphatic heterocycles. The summed E-state index contributed by atoms with van der Waals surface area (Å²) in [7, 11) is -2.75. The van der Waals surface area contributed by atoms with E-state index in [1.54, 1.807) is 24.3 Å². The van der Waals surface area contributed by atoms with E-state index >= 15 is 0 Å². The van der Waals surface area contributed by atoms with Crippen LogP contribution in [0, 0.1) is 5.92 Å². The topological polar surface area (TPSA) is 72.9 Å². The van der Waals surface area contributed by atoms with Crippen LogP contribution in [0.5, 0.6) is 11.5 Å². The number of carbonyl (C=O) groups excluding carboxylic acids is 1. The number of benzene rings is 2. The zero-order chi connectivity index (χ0) is 20.5. The summed E-state index contributed by atoms with van der Waals surface area (Å²) in [5.41, 5.74) is 0.675. The molecule has 0 bridgehead atoms. The number of hydrogen-bond donors (Lipinski definition) is 0. The number of para-hydroxylation sites is 1. The second kappa shape index (κ2) is 8.23. The maximum atomic E-state index is 13.6. The molecule has 0 fully saturated rings. The van der Waals surface area contributed by atoms with Crippen molar-refractivity contribution in [2.45, 2.75) is 37.8 Å². The van der Waals surface area contributed by atoms with Gasteiger partial charge in [0.2, 0.25) is 10.0 Å². The van der Waals surface area contributed by atoms with Gasteiger partial charge in [-0.15, -0.1) is 0 Å². The van der Waals surface area contributed by atoms with Gasteiger partial charge in [-0.3, -0.25) is 4.79 Å². The first-order valence-electron chi connectivity index (χ1n) is 8.94. The number of rotatable bonds is 4. The molecule has 1 aliphatic rings. The fourth-order valence-electron chi connectivity index (χ4n) is 3.23. The van der Waals surface area contributed by atoms with E-state index in [-0.39, 0.29) is 23.1 Å². The number of esters is 1. The van der Waals surface area contributed by atoms with E-state index in [1.165, 1.54) is 17.5 Å². The zero-order valence-electron chi connectivity index (χ0n) is 15.9. The monoisotopic (exact) mass is 467 g/mol. The summed E-state index contributed by atoms with van der Waals surface area (Å²) >= 11 is 3.36. The Balaban J connectivity index is 2.26. The zero-order valence-corrected chi connectivity index (χ0v) is 18.3. The average Bonchev–Trinajstić information content (AvgIpc) is 2.67. The smallest absolute Gasteiger partial charge is 0.324 e. The van der Waals surface area contributed by atoms with Crippen molar-refractivity contribution in [3.05, 3.63) is 52.5 Å². The van der Waals surface area contributed by atoms with Crippen LogP contribution in [0.3, 0.4) is 0 Å². The molecule has 150 valence electrons. The highest BCUT2D eigenvalue weighted by atomic mass is 79.9. The predicted molar refractivity (Wildman–Crippen MR) is 109 cm³/mol.